The molecule has 1 unspecified atom stereocenters. The van der Waals surface area contributed by atoms with Crippen molar-refractivity contribution in [3.05, 3.63) is 34.7 Å². The number of aromatic nitrogens is 1. The van der Waals surface area contributed by atoms with Crippen LogP contribution in [0.15, 0.2) is 29.3 Å². The lowest BCUT2D eigenvalue weighted by molar-refractivity contribution is -0.139. The average Bonchev–Trinajstić information content (AvgIpc) is 2.07. The van der Waals surface area contributed by atoms with Crippen molar-refractivity contribution in [1.29, 1.82) is 0 Å². The molecule has 2 N–H and O–H groups in total. The molecule has 0 aromatic carbocycles. The molecule has 1 atom stereocenters. The summed E-state index contributed by atoms with van der Waals surface area (Å²) in [6.07, 6.45) is 1.78. The predicted octanol–water partition coefficient (Wildman–Crippen LogP) is -0.316. The fourth-order valence-electron chi connectivity index (χ4n) is 1.07. The van der Waals surface area contributed by atoms with Gasteiger partial charge in [0.05, 0.1) is 12.5 Å². The molecule has 1 aromatic heterocycles. The van der Waals surface area contributed by atoms with Gasteiger partial charge in [-0.25, -0.2) is 0 Å². The highest BCUT2D eigenvalue weighted by Gasteiger charge is 2.08. The minimum Gasteiger partial charge on any atom is -0.481 e. The third-order valence-electron chi connectivity index (χ3n) is 1.69. The second-order valence-electron chi connectivity index (χ2n) is 2.98. The van der Waals surface area contributed by atoms with Crippen molar-refractivity contribution in [1.82, 2.24) is 4.57 Å². The minimum absolute atomic E-state index is 0.117. The Morgan fingerprint density at radius 2 is 2.00 bits per heavy atom. The highest BCUT2D eigenvalue weighted by molar-refractivity contribution is 5.67. The summed E-state index contributed by atoms with van der Waals surface area (Å²) >= 11 is 0. The Kier molecular flexibility index (Phi) is 3.41. The lowest BCUT2D eigenvalue weighted by Crippen LogP contribution is -2.20. The standard InChI is InChI=1S/C9H11NO4/c11-7-1-3-10(4-2-7)6-8(12)5-9(13)14/h1-4,8,12H,5-6H2,(H,13,14). The number of nitrogens with zero attached hydrogens (tertiary/aromatic N) is 1. The predicted molar refractivity (Wildman–Crippen MR) is 49.0 cm³/mol. The van der Waals surface area contributed by atoms with Crippen LogP contribution in [0, 0.1) is 0 Å². The molecule has 14 heavy (non-hydrogen) atoms. The molecule has 76 valence electrons. The van der Waals surface area contributed by atoms with Gasteiger partial charge in [0, 0.05) is 31.1 Å². The summed E-state index contributed by atoms with van der Waals surface area (Å²) in [5.41, 5.74) is -0.117. The number of rotatable bonds is 4. The molecule has 5 heteroatoms. The summed E-state index contributed by atoms with van der Waals surface area (Å²) in [6.45, 7) is 0.173. The van der Waals surface area contributed by atoms with E-state index < -0.39 is 12.1 Å². The fourth-order valence-corrected chi connectivity index (χ4v) is 1.07. The fraction of sp³-hybridized carbons (Fsp3) is 0.333. The third kappa shape index (κ3) is 3.40. The molecule has 0 bridgehead atoms. The van der Waals surface area contributed by atoms with Gasteiger partial charge in [0.25, 0.3) is 0 Å². The molecular weight excluding hydrogens is 186 g/mol. The van der Waals surface area contributed by atoms with E-state index in [0.717, 1.165) is 0 Å². The molecule has 0 saturated carbocycles. The third-order valence-corrected chi connectivity index (χ3v) is 1.69. The number of pyridine rings is 1. The van der Waals surface area contributed by atoms with Gasteiger partial charge in [0.2, 0.25) is 0 Å². The summed E-state index contributed by atoms with van der Waals surface area (Å²) in [6, 6.07) is 2.71. The molecule has 1 aromatic rings. The number of carbonyl (C=O) groups is 1. The van der Waals surface area contributed by atoms with Gasteiger partial charge in [0.1, 0.15) is 0 Å². The summed E-state index contributed by atoms with van der Waals surface area (Å²) in [7, 11) is 0. The Hall–Kier alpha value is -1.62. The Morgan fingerprint density at radius 3 is 2.50 bits per heavy atom. The zero-order valence-corrected chi connectivity index (χ0v) is 7.46. The zero-order chi connectivity index (χ0) is 10.6. The van der Waals surface area contributed by atoms with Crippen LogP contribution in [-0.2, 0) is 11.3 Å². The van der Waals surface area contributed by atoms with Gasteiger partial charge in [-0.2, -0.15) is 0 Å². The van der Waals surface area contributed by atoms with E-state index in [-0.39, 0.29) is 18.4 Å². The van der Waals surface area contributed by atoms with Crippen molar-refractivity contribution >= 4 is 5.97 Å². The Bertz CT molecular complexity index is 351. The largest absolute Gasteiger partial charge is 0.481 e. The number of aliphatic hydroxyl groups is 1. The van der Waals surface area contributed by atoms with Crippen LogP contribution >= 0.6 is 0 Å². The maximum atomic E-state index is 10.7. The van der Waals surface area contributed by atoms with E-state index in [9.17, 15) is 14.7 Å². The van der Waals surface area contributed by atoms with E-state index in [2.05, 4.69) is 0 Å². The molecule has 0 aliphatic carbocycles. The van der Waals surface area contributed by atoms with Crippen molar-refractivity contribution in [2.45, 2.75) is 19.1 Å². The number of aliphatic hydroxyl groups excluding tert-OH is 1. The topological polar surface area (TPSA) is 79.5 Å². The van der Waals surface area contributed by atoms with E-state index >= 15 is 0 Å². The van der Waals surface area contributed by atoms with Gasteiger partial charge in [0.15, 0.2) is 5.43 Å². The van der Waals surface area contributed by atoms with Crippen molar-refractivity contribution in [3.63, 3.8) is 0 Å². The maximum Gasteiger partial charge on any atom is 0.306 e. The lowest BCUT2D eigenvalue weighted by atomic mass is 10.2. The first-order valence-corrected chi connectivity index (χ1v) is 4.14. The highest BCUT2D eigenvalue weighted by atomic mass is 16.4. The summed E-state index contributed by atoms with van der Waals surface area (Å²) in [5, 5.41) is 17.6. The van der Waals surface area contributed by atoms with E-state index in [1.807, 2.05) is 0 Å². The van der Waals surface area contributed by atoms with Crippen LogP contribution in [0.4, 0.5) is 0 Å². The second kappa shape index (κ2) is 4.57. The van der Waals surface area contributed by atoms with Crippen molar-refractivity contribution in [3.8, 4) is 0 Å². The molecule has 1 rings (SSSR count). The number of carboxylic acids is 1. The summed E-state index contributed by atoms with van der Waals surface area (Å²) < 4.78 is 1.56. The molecule has 0 saturated heterocycles. The number of aliphatic carboxylic acids is 1. The molecule has 0 aliphatic rings. The van der Waals surface area contributed by atoms with Crippen LogP contribution in [0.25, 0.3) is 0 Å². The summed E-state index contributed by atoms with van der Waals surface area (Å²) in [5.74, 6) is -1.04. The molecule has 5 nitrogen and oxygen atoms in total. The van der Waals surface area contributed by atoms with Crippen LogP contribution in [0.3, 0.4) is 0 Å². The first kappa shape index (κ1) is 10.5. The lowest BCUT2D eigenvalue weighted by Gasteiger charge is -2.10. The molecule has 1 heterocycles. The van der Waals surface area contributed by atoms with Crippen LogP contribution in [0.2, 0.25) is 0 Å². The van der Waals surface area contributed by atoms with Crippen LogP contribution in [-0.4, -0.2) is 26.9 Å². The summed E-state index contributed by atoms with van der Waals surface area (Å²) in [4.78, 5) is 21.0. The van der Waals surface area contributed by atoms with Gasteiger partial charge < -0.3 is 14.8 Å². The number of hydrogen-bond acceptors (Lipinski definition) is 3. The first-order chi connectivity index (χ1) is 6.58. The molecule has 0 fully saturated rings. The Morgan fingerprint density at radius 1 is 1.43 bits per heavy atom. The Labute approximate surface area is 80.2 Å². The molecular formula is C9H11NO4. The minimum atomic E-state index is -1.04. The van der Waals surface area contributed by atoms with Crippen LogP contribution in [0.5, 0.6) is 0 Å². The van der Waals surface area contributed by atoms with Gasteiger partial charge >= 0.3 is 5.97 Å². The quantitative estimate of drug-likeness (QED) is 0.693. The molecule has 0 aliphatic heterocycles. The van der Waals surface area contributed by atoms with Crippen molar-refractivity contribution in [2.24, 2.45) is 0 Å². The Balaban J connectivity index is 2.56. The number of hydrogen-bond donors (Lipinski definition) is 2. The first-order valence-electron chi connectivity index (χ1n) is 4.14. The monoisotopic (exact) mass is 197 g/mol. The van der Waals surface area contributed by atoms with E-state index in [0.29, 0.717) is 0 Å². The van der Waals surface area contributed by atoms with Gasteiger partial charge in [-0.05, 0) is 0 Å². The van der Waals surface area contributed by atoms with Crippen LogP contribution < -0.4 is 5.43 Å². The van der Waals surface area contributed by atoms with Gasteiger partial charge in [-0.15, -0.1) is 0 Å². The highest BCUT2D eigenvalue weighted by Crippen LogP contribution is 1.96. The van der Waals surface area contributed by atoms with E-state index in [1.165, 1.54) is 24.5 Å². The molecule has 0 radical (unpaired) electrons. The number of carboxylic acid groups (broad SMARTS) is 1. The normalized spacial score (nSPS) is 12.4. The smallest absolute Gasteiger partial charge is 0.306 e. The van der Waals surface area contributed by atoms with Crippen molar-refractivity contribution < 1.29 is 15.0 Å². The van der Waals surface area contributed by atoms with Gasteiger partial charge in [-0.1, -0.05) is 0 Å². The average molecular weight is 197 g/mol. The molecule has 0 amide bonds. The van der Waals surface area contributed by atoms with Gasteiger partial charge in [-0.3, -0.25) is 9.59 Å². The SMILES string of the molecule is O=C(O)CC(O)Cn1ccc(=O)cc1. The van der Waals surface area contributed by atoms with Crippen LogP contribution in [0.1, 0.15) is 6.42 Å². The second-order valence-corrected chi connectivity index (χ2v) is 2.98. The van der Waals surface area contributed by atoms with Crippen molar-refractivity contribution in [2.75, 3.05) is 0 Å². The van der Waals surface area contributed by atoms with E-state index in [4.69, 9.17) is 5.11 Å². The molecule has 0 spiro atoms. The van der Waals surface area contributed by atoms with E-state index in [1.54, 1.807) is 4.57 Å². The maximum absolute atomic E-state index is 10.7. The zero-order valence-electron chi connectivity index (χ0n) is 7.46.